The first-order chi connectivity index (χ1) is 11.8. The van der Waals surface area contributed by atoms with Gasteiger partial charge >= 0.3 is 6.36 Å². The molecule has 0 aliphatic carbocycles. The normalized spacial score (nSPS) is 12.8. The zero-order valence-electron chi connectivity index (χ0n) is 13.0. The average molecular weight is 351 g/mol. The van der Waals surface area contributed by atoms with Gasteiger partial charge in [-0.15, -0.1) is 13.2 Å². The van der Waals surface area contributed by atoms with Crippen LogP contribution in [0.25, 0.3) is 22.5 Å². The van der Waals surface area contributed by atoms with Gasteiger partial charge in [0, 0.05) is 5.56 Å². The van der Waals surface area contributed by atoms with Crippen LogP contribution in [0.15, 0.2) is 48.5 Å². The Morgan fingerprint density at radius 2 is 1.68 bits per heavy atom. The van der Waals surface area contributed by atoms with E-state index < -0.39 is 12.5 Å². The number of hydrogen-bond acceptors (Lipinski definition) is 3. The van der Waals surface area contributed by atoms with Crippen LogP contribution in [-0.4, -0.2) is 21.5 Å². The molecule has 3 aromatic rings. The van der Waals surface area contributed by atoms with E-state index in [4.69, 9.17) is 0 Å². The van der Waals surface area contributed by atoms with Crippen LogP contribution in [-0.2, 0) is 0 Å². The minimum Gasteiger partial charge on any atom is -0.406 e. The molecule has 4 nitrogen and oxygen atoms in total. The second-order valence-corrected chi connectivity index (χ2v) is 5.31. The van der Waals surface area contributed by atoms with E-state index in [0.717, 1.165) is 5.56 Å². The highest BCUT2D eigenvalue weighted by atomic mass is 19.4. The van der Waals surface area contributed by atoms with Crippen molar-refractivity contribution in [1.29, 1.82) is 0 Å². The fourth-order valence-corrected chi connectivity index (χ4v) is 2.27. The molecule has 1 heterocycles. The molecule has 1 unspecified atom stereocenters. The van der Waals surface area contributed by atoms with E-state index in [9.17, 15) is 17.6 Å². The Labute approximate surface area is 140 Å². The summed E-state index contributed by atoms with van der Waals surface area (Å²) in [6.07, 6.45) is -5.98. The van der Waals surface area contributed by atoms with E-state index in [1.165, 1.54) is 31.2 Å². The zero-order valence-corrected chi connectivity index (χ0v) is 13.0. The lowest BCUT2D eigenvalue weighted by Crippen LogP contribution is -2.16. The quantitative estimate of drug-likeness (QED) is 0.668. The van der Waals surface area contributed by atoms with Gasteiger partial charge in [0.1, 0.15) is 5.75 Å². The maximum atomic E-state index is 13.2. The number of aromatic nitrogens is 3. The number of hydrogen-bond donors (Lipinski definition) is 1. The summed E-state index contributed by atoms with van der Waals surface area (Å²) in [6.45, 7) is 1.35. The summed E-state index contributed by atoms with van der Waals surface area (Å²) in [5.41, 5.74) is 2.12. The van der Waals surface area contributed by atoms with Crippen molar-refractivity contribution in [3.63, 3.8) is 0 Å². The van der Waals surface area contributed by atoms with Crippen LogP contribution < -0.4 is 4.74 Å². The Morgan fingerprint density at radius 3 is 2.28 bits per heavy atom. The summed E-state index contributed by atoms with van der Waals surface area (Å²) >= 11 is 0. The van der Waals surface area contributed by atoms with Crippen molar-refractivity contribution in [3.05, 3.63) is 54.4 Å². The fourth-order valence-electron chi connectivity index (χ4n) is 2.27. The highest BCUT2D eigenvalue weighted by molar-refractivity contribution is 5.70. The third-order valence-corrected chi connectivity index (χ3v) is 3.42. The molecule has 0 saturated heterocycles. The third kappa shape index (κ3) is 4.14. The Balaban J connectivity index is 1.86. The zero-order chi connectivity index (χ0) is 18.0. The van der Waals surface area contributed by atoms with Crippen LogP contribution in [0.2, 0.25) is 0 Å². The summed E-state index contributed by atoms with van der Waals surface area (Å²) in [5, 5.41) is 6.51. The molecule has 2 aromatic carbocycles. The summed E-state index contributed by atoms with van der Waals surface area (Å²) in [4.78, 5) is 4.08. The van der Waals surface area contributed by atoms with Gasteiger partial charge in [-0.1, -0.05) is 30.3 Å². The Kier molecular flexibility index (Phi) is 4.43. The summed E-state index contributed by atoms with van der Waals surface area (Å²) in [5.74, 6) is 0.190. The van der Waals surface area contributed by atoms with Crippen molar-refractivity contribution in [2.24, 2.45) is 0 Å². The molecule has 1 aromatic heterocycles. The average Bonchev–Trinajstić information content (AvgIpc) is 3.04. The molecule has 8 heteroatoms. The largest absolute Gasteiger partial charge is 0.573 e. The van der Waals surface area contributed by atoms with E-state index >= 15 is 0 Å². The number of H-pyrrole nitrogens is 1. The Hall–Kier alpha value is -2.90. The minimum atomic E-state index is -4.72. The maximum absolute atomic E-state index is 13.2. The highest BCUT2D eigenvalue weighted by Gasteiger charge is 2.30. The minimum absolute atomic E-state index is 0.133. The molecule has 0 bridgehead atoms. The molecule has 0 aliphatic rings. The fraction of sp³-hybridized carbons (Fsp3) is 0.176. The van der Waals surface area contributed by atoms with Gasteiger partial charge in [-0.3, -0.25) is 5.10 Å². The van der Waals surface area contributed by atoms with Crippen LogP contribution in [0.4, 0.5) is 17.6 Å². The first-order valence-corrected chi connectivity index (χ1v) is 7.35. The van der Waals surface area contributed by atoms with Gasteiger partial charge in [0.2, 0.25) is 0 Å². The van der Waals surface area contributed by atoms with Gasteiger partial charge in [-0.25, -0.2) is 9.37 Å². The molecule has 1 N–H and O–H groups in total. The predicted molar refractivity (Wildman–Crippen MR) is 83.5 cm³/mol. The van der Waals surface area contributed by atoms with E-state index in [-0.39, 0.29) is 11.6 Å². The van der Waals surface area contributed by atoms with Crippen molar-refractivity contribution in [1.82, 2.24) is 15.2 Å². The number of benzene rings is 2. The van der Waals surface area contributed by atoms with Crippen molar-refractivity contribution in [3.8, 4) is 28.3 Å². The molecule has 0 radical (unpaired) electrons. The molecule has 130 valence electrons. The predicted octanol–water partition coefficient (Wildman–Crippen LogP) is 5.07. The number of nitrogens with one attached hydrogen (secondary N) is 1. The van der Waals surface area contributed by atoms with Crippen LogP contribution in [0.5, 0.6) is 5.75 Å². The molecule has 0 saturated carbocycles. The van der Waals surface area contributed by atoms with E-state index in [1.807, 2.05) is 0 Å². The van der Waals surface area contributed by atoms with Crippen LogP contribution in [0.1, 0.15) is 18.9 Å². The van der Waals surface area contributed by atoms with Gasteiger partial charge in [0.05, 0.1) is 0 Å². The Bertz CT molecular complexity index is 857. The van der Waals surface area contributed by atoms with Crippen molar-refractivity contribution < 1.29 is 22.3 Å². The first kappa shape index (κ1) is 16.9. The summed E-state index contributed by atoms with van der Waals surface area (Å²) in [7, 11) is 0. The smallest absolute Gasteiger partial charge is 0.406 e. The molecule has 0 aliphatic heterocycles. The number of halogens is 4. The van der Waals surface area contributed by atoms with Gasteiger partial charge in [-0.05, 0) is 36.2 Å². The number of alkyl halides is 4. The van der Waals surface area contributed by atoms with Gasteiger partial charge in [0.25, 0.3) is 0 Å². The lowest BCUT2D eigenvalue weighted by molar-refractivity contribution is -0.274. The van der Waals surface area contributed by atoms with Crippen LogP contribution in [0, 0.1) is 0 Å². The summed E-state index contributed by atoms with van der Waals surface area (Å²) in [6, 6.07) is 12.6. The molecule has 0 fully saturated rings. The van der Waals surface area contributed by atoms with E-state index in [0.29, 0.717) is 17.0 Å². The topological polar surface area (TPSA) is 50.8 Å². The first-order valence-electron chi connectivity index (χ1n) is 7.35. The standard InChI is InChI=1S/C17H13F4N3O/c1-10(18)15-22-16(24-23-15)13-4-2-3-12(9-13)11-5-7-14(8-6-11)25-17(19,20)21/h2-10H,1H3,(H,22,23,24). The SMILES string of the molecule is CC(F)c1nc(-c2cccc(-c3ccc(OC(F)(F)F)cc3)c2)n[nH]1. The van der Waals surface area contributed by atoms with E-state index in [2.05, 4.69) is 19.9 Å². The number of rotatable bonds is 4. The second kappa shape index (κ2) is 6.54. The molecule has 3 rings (SSSR count). The third-order valence-electron chi connectivity index (χ3n) is 3.42. The Morgan fingerprint density at radius 1 is 1.00 bits per heavy atom. The highest BCUT2D eigenvalue weighted by Crippen LogP contribution is 2.28. The van der Waals surface area contributed by atoms with Crippen LogP contribution in [0.3, 0.4) is 0 Å². The molecule has 0 spiro atoms. The lowest BCUT2D eigenvalue weighted by Gasteiger charge is -2.09. The molecular formula is C17H13F4N3O. The number of ether oxygens (including phenoxy) is 1. The second-order valence-electron chi connectivity index (χ2n) is 5.31. The molecule has 25 heavy (non-hydrogen) atoms. The van der Waals surface area contributed by atoms with Crippen molar-refractivity contribution in [2.45, 2.75) is 19.5 Å². The number of aromatic amines is 1. The van der Waals surface area contributed by atoms with E-state index in [1.54, 1.807) is 24.3 Å². The monoisotopic (exact) mass is 351 g/mol. The van der Waals surface area contributed by atoms with Crippen LogP contribution >= 0.6 is 0 Å². The molecular weight excluding hydrogens is 338 g/mol. The number of nitrogens with zero attached hydrogens (tertiary/aromatic N) is 2. The molecule has 1 atom stereocenters. The van der Waals surface area contributed by atoms with Crippen molar-refractivity contribution in [2.75, 3.05) is 0 Å². The van der Waals surface area contributed by atoms with Gasteiger partial charge in [-0.2, -0.15) is 5.10 Å². The lowest BCUT2D eigenvalue weighted by atomic mass is 10.0. The summed E-state index contributed by atoms with van der Waals surface area (Å²) < 4.78 is 53.7. The van der Waals surface area contributed by atoms with Crippen molar-refractivity contribution >= 4 is 0 Å². The molecule has 0 amide bonds. The maximum Gasteiger partial charge on any atom is 0.573 e. The van der Waals surface area contributed by atoms with Gasteiger partial charge in [0.15, 0.2) is 17.8 Å². The van der Waals surface area contributed by atoms with Gasteiger partial charge < -0.3 is 4.74 Å².